The van der Waals surface area contributed by atoms with Gasteiger partial charge in [-0.15, -0.1) is 0 Å². The van der Waals surface area contributed by atoms with Crippen molar-refractivity contribution in [1.29, 1.82) is 0 Å². The molecule has 21 heavy (non-hydrogen) atoms. The van der Waals surface area contributed by atoms with Crippen molar-refractivity contribution in [1.82, 2.24) is 5.32 Å². The first kappa shape index (κ1) is 16.3. The topological polar surface area (TPSA) is 41.1 Å². The predicted octanol–water partition coefficient (Wildman–Crippen LogP) is 4.84. The maximum atomic E-state index is 11.6. The zero-order valence-electron chi connectivity index (χ0n) is 11.2. The van der Waals surface area contributed by atoms with Crippen molar-refractivity contribution in [2.75, 3.05) is 12.4 Å². The molecule has 0 fully saturated rings. The molecule has 0 aliphatic rings. The van der Waals surface area contributed by atoms with E-state index in [1.54, 1.807) is 25.2 Å². The highest BCUT2D eigenvalue weighted by atomic mass is 79.9. The van der Waals surface area contributed by atoms with Crippen molar-refractivity contribution in [2.45, 2.75) is 6.54 Å². The van der Waals surface area contributed by atoms with Crippen molar-refractivity contribution < 1.29 is 4.79 Å². The molecule has 0 heterocycles. The summed E-state index contributed by atoms with van der Waals surface area (Å²) in [4.78, 5) is 11.6. The summed E-state index contributed by atoms with van der Waals surface area (Å²) < 4.78 is 2.00. The Morgan fingerprint density at radius 2 is 1.90 bits per heavy atom. The van der Waals surface area contributed by atoms with Gasteiger partial charge in [0.25, 0.3) is 5.91 Å². The maximum Gasteiger partial charge on any atom is 0.251 e. The van der Waals surface area contributed by atoms with E-state index in [1.165, 1.54) is 0 Å². The van der Waals surface area contributed by atoms with Crippen LogP contribution in [-0.2, 0) is 6.54 Å². The summed E-state index contributed by atoms with van der Waals surface area (Å²) >= 11 is 13.1. The Bertz CT molecular complexity index is 677. The first-order valence-corrected chi connectivity index (χ1v) is 8.17. The van der Waals surface area contributed by atoms with Crippen molar-refractivity contribution in [3.63, 3.8) is 0 Å². The van der Waals surface area contributed by atoms with E-state index in [9.17, 15) is 4.79 Å². The number of rotatable bonds is 4. The largest absolute Gasteiger partial charge is 0.380 e. The lowest BCUT2D eigenvalue weighted by Gasteiger charge is -2.11. The van der Waals surface area contributed by atoms with E-state index in [0.717, 1.165) is 20.2 Å². The number of benzene rings is 2. The zero-order chi connectivity index (χ0) is 15.4. The molecule has 0 radical (unpaired) electrons. The number of anilines is 1. The minimum absolute atomic E-state index is 0.138. The summed E-state index contributed by atoms with van der Waals surface area (Å²) in [6, 6.07) is 11.2. The lowest BCUT2D eigenvalue weighted by Crippen LogP contribution is -2.17. The van der Waals surface area contributed by atoms with Gasteiger partial charge in [-0.25, -0.2) is 0 Å². The van der Waals surface area contributed by atoms with Gasteiger partial charge in [0, 0.05) is 28.1 Å². The molecular formula is C15H13Br2ClN2O. The highest BCUT2D eigenvalue weighted by Crippen LogP contribution is 2.26. The first-order valence-electron chi connectivity index (χ1n) is 6.20. The van der Waals surface area contributed by atoms with Gasteiger partial charge >= 0.3 is 0 Å². The summed E-state index contributed by atoms with van der Waals surface area (Å²) in [7, 11) is 1.60. The molecule has 0 aliphatic heterocycles. The van der Waals surface area contributed by atoms with Crippen LogP contribution in [0.2, 0.25) is 5.02 Å². The third kappa shape index (κ3) is 4.22. The molecule has 0 saturated carbocycles. The number of hydrogen-bond acceptors (Lipinski definition) is 2. The molecule has 0 spiro atoms. The van der Waals surface area contributed by atoms with Crippen molar-refractivity contribution in [3.05, 3.63) is 61.5 Å². The second-order valence-corrected chi connectivity index (χ2v) is 6.49. The predicted molar refractivity (Wildman–Crippen MR) is 94.0 cm³/mol. The minimum Gasteiger partial charge on any atom is -0.380 e. The molecule has 2 aromatic carbocycles. The fourth-order valence-electron chi connectivity index (χ4n) is 1.79. The van der Waals surface area contributed by atoms with Crippen LogP contribution in [0.3, 0.4) is 0 Å². The van der Waals surface area contributed by atoms with Gasteiger partial charge in [-0.3, -0.25) is 4.79 Å². The molecule has 2 rings (SSSR count). The average Bonchev–Trinajstić information content (AvgIpc) is 2.49. The summed E-state index contributed by atoms with van der Waals surface area (Å²) in [6.07, 6.45) is 0. The number of hydrogen-bond donors (Lipinski definition) is 2. The molecular weight excluding hydrogens is 419 g/mol. The van der Waals surface area contributed by atoms with Crippen LogP contribution in [-0.4, -0.2) is 13.0 Å². The quantitative estimate of drug-likeness (QED) is 0.726. The number of halogens is 3. The van der Waals surface area contributed by atoms with Crippen LogP contribution < -0.4 is 10.6 Å². The Balaban J connectivity index is 2.15. The van der Waals surface area contributed by atoms with Crippen LogP contribution in [0.1, 0.15) is 15.9 Å². The highest BCUT2D eigenvalue weighted by molar-refractivity contribution is 9.13. The first-order chi connectivity index (χ1) is 10.0. The standard InChI is InChI=1S/C15H13Br2ClN2O/c1-19-15(21)10-3-5-13(18)14(7-10)20-8-9-2-4-11(16)12(17)6-9/h2-7,20H,8H2,1H3,(H,19,21). The van der Waals surface area contributed by atoms with Crippen LogP contribution in [0.15, 0.2) is 45.3 Å². The van der Waals surface area contributed by atoms with Crippen LogP contribution >= 0.6 is 43.5 Å². The molecule has 2 aromatic rings. The number of carbonyl (C=O) groups excluding carboxylic acids is 1. The van der Waals surface area contributed by atoms with E-state index in [2.05, 4.69) is 42.5 Å². The van der Waals surface area contributed by atoms with Crippen LogP contribution in [0.25, 0.3) is 0 Å². The van der Waals surface area contributed by atoms with Crippen molar-refractivity contribution in [3.8, 4) is 0 Å². The van der Waals surface area contributed by atoms with Crippen molar-refractivity contribution in [2.24, 2.45) is 0 Å². The minimum atomic E-state index is -0.138. The van der Waals surface area contributed by atoms with Crippen molar-refractivity contribution >= 4 is 55.1 Å². The third-order valence-corrected chi connectivity index (χ3v) is 5.13. The van der Waals surface area contributed by atoms with Gasteiger partial charge in [-0.1, -0.05) is 17.7 Å². The molecule has 6 heteroatoms. The Morgan fingerprint density at radius 1 is 1.14 bits per heavy atom. The lowest BCUT2D eigenvalue weighted by atomic mass is 10.1. The van der Waals surface area contributed by atoms with E-state index in [0.29, 0.717) is 17.1 Å². The fourth-order valence-corrected chi connectivity index (χ4v) is 2.65. The molecule has 0 unspecified atom stereocenters. The Kier molecular flexibility index (Phi) is 5.67. The van der Waals surface area contributed by atoms with Crippen LogP contribution in [0.4, 0.5) is 5.69 Å². The monoisotopic (exact) mass is 430 g/mol. The SMILES string of the molecule is CNC(=O)c1ccc(Cl)c(NCc2ccc(Br)c(Br)c2)c1. The second-order valence-electron chi connectivity index (χ2n) is 4.38. The van der Waals surface area contributed by atoms with Gasteiger partial charge in [0.05, 0.1) is 10.7 Å². The highest BCUT2D eigenvalue weighted by Gasteiger charge is 2.07. The van der Waals surface area contributed by atoms with E-state index in [1.807, 2.05) is 18.2 Å². The van der Waals surface area contributed by atoms with Gasteiger partial charge < -0.3 is 10.6 Å². The molecule has 1 amide bonds. The lowest BCUT2D eigenvalue weighted by molar-refractivity contribution is 0.0963. The van der Waals surface area contributed by atoms with E-state index >= 15 is 0 Å². The van der Waals surface area contributed by atoms with E-state index < -0.39 is 0 Å². The molecule has 0 aromatic heterocycles. The molecule has 2 N–H and O–H groups in total. The van der Waals surface area contributed by atoms with Gasteiger partial charge in [0.15, 0.2) is 0 Å². The number of nitrogens with one attached hydrogen (secondary N) is 2. The number of amides is 1. The molecule has 0 bridgehead atoms. The summed E-state index contributed by atoms with van der Waals surface area (Å²) in [5.41, 5.74) is 2.41. The Morgan fingerprint density at radius 3 is 2.57 bits per heavy atom. The summed E-state index contributed by atoms with van der Waals surface area (Å²) in [5, 5.41) is 6.42. The van der Waals surface area contributed by atoms with Crippen LogP contribution in [0, 0.1) is 0 Å². The molecule has 0 saturated heterocycles. The van der Waals surface area contributed by atoms with Crippen LogP contribution in [0.5, 0.6) is 0 Å². The average molecular weight is 433 g/mol. The Hall–Kier alpha value is -1.04. The summed E-state index contributed by atoms with van der Waals surface area (Å²) in [5.74, 6) is -0.138. The van der Waals surface area contributed by atoms with E-state index in [-0.39, 0.29) is 5.91 Å². The molecule has 0 aliphatic carbocycles. The van der Waals surface area contributed by atoms with Gasteiger partial charge in [0.1, 0.15) is 0 Å². The van der Waals surface area contributed by atoms with Gasteiger partial charge in [-0.05, 0) is 67.8 Å². The number of carbonyl (C=O) groups is 1. The zero-order valence-corrected chi connectivity index (χ0v) is 15.1. The van der Waals surface area contributed by atoms with Gasteiger partial charge in [-0.2, -0.15) is 0 Å². The maximum absolute atomic E-state index is 11.6. The molecule has 110 valence electrons. The molecule has 0 atom stereocenters. The van der Waals surface area contributed by atoms with Gasteiger partial charge in [0.2, 0.25) is 0 Å². The normalized spacial score (nSPS) is 10.3. The summed E-state index contributed by atoms with van der Waals surface area (Å²) in [6.45, 7) is 0.614. The third-order valence-electron chi connectivity index (χ3n) is 2.92. The fraction of sp³-hybridized carbons (Fsp3) is 0.133. The molecule has 3 nitrogen and oxygen atoms in total. The van der Waals surface area contributed by atoms with E-state index in [4.69, 9.17) is 11.6 Å². The second kappa shape index (κ2) is 7.29. The smallest absolute Gasteiger partial charge is 0.251 e. The Labute approximate surface area is 145 Å².